The number of anilines is 1. The summed E-state index contributed by atoms with van der Waals surface area (Å²) < 4.78 is 8.83. The van der Waals surface area contributed by atoms with E-state index in [9.17, 15) is 9.59 Å². The lowest BCUT2D eigenvalue weighted by atomic mass is 10.3. The Morgan fingerprint density at radius 1 is 1.11 bits per heavy atom. The summed E-state index contributed by atoms with van der Waals surface area (Å²) in [6, 6.07) is 16.1. The number of amides is 1. The molecule has 0 bridgehead atoms. The topological polar surface area (TPSA) is 65.3 Å². The highest BCUT2D eigenvalue weighted by Gasteiger charge is 2.22. The van der Waals surface area contributed by atoms with E-state index in [0.717, 1.165) is 0 Å². The van der Waals surface area contributed by atoms with E-state index in [1.54, 1.807) is 49.8 Å². The van der Waals surface area contributed by atoms with Crippen molar-refractivity contribution in [2.45, 2.75) is 20.0 Å². The highest BCUT2D eigenvalue weighted by atomic mass is 35.5. The highest BCUT2D eigenvalue weighted by molar-refractivity contribution is 6.32. The average molecular weight is 386 g/mol. The predicted octanol–water partition coefficient (Wildman–Crippen LogP) is 3.54. The molecule has 0 aliphatic rings. The van der Waals surface area contributed by atoms with Crippen molar-refractivity contribution in [2.24, 2.45) is 7.05 Å². The number of nitrogens with zero attached hydrogens (tertiary/aromatic N) is 2. The van der Waals surface area contributed by atoms with Crippen LogP contribution in [0.4, 0.5) is 5.69 Å². The van der Waals surface area contributed by atoms with E-state index in [-0.39, 0.29) is 11.2 Å². The lowest BCUT2D eigenvalue weighted by Gasteiger charge is -2.15. The van der Waals surface area contributed by atoms with Gasteiger partial charge < -0.3 is 10.1 Å². The zero-order valence-corrected chi connectivity index (χ0v) is 16.0. The second kappa shape index (κ2) is 7.72. The predicted molar refractivity (Wildman–Crippen MR) is 106 cm³/mol. The van der Waals surface area contributed by atoms with Crippen LogP contribution in [-0.2, 0) is 11.8 Å². The third kappa shape index (κ3) is 3.75. The quantitative estimate of drug-likeness (QED) is 0.730. The van der Waals surface area contributed by atoms with E-state index in [2.05, 4.69) is 5.32 Å². The first-order valence-corrected chi connectivity index (χ1v) is 8.84. The van der Waals surface area contributed by atoms with Crippen LogP contribution in [0.1, 0.15) is 12.6 Å². The molecule has 6 nitrogen and oxygen atoms in total. The number of hydrogen-bond donors (Lipinski definition) is 1. The first kappa shape index (κ1) is 18.8. The van der Waals surface area contributed by atoms with Gasteiger partial charge in [0.15, 0.2) is 6.10 Å². The monoisotopic (exact) mass is 385 g/mol. The van der Waals surface area contributed by atoms with Gasteiger partial charge in [-0.25, -0.2) is 4.68 Å². The van der Waals surface area contributed by atoms with E-state index in [1.807, 2.05) is 30.3 Å². The van der Waals surface area contributed by atoms with Crippen molar-refractivity contribution < 1.29 is 9.53 Å². The van der Waals surface area contributed by atoms with Crippen molar-refractivity contribution in [3.8, 4) is 11.4 Å². The molecule has 1 heterocycles. The van der Waals surface area contributed by atoms with Gasteiger partial charge in [-0.05, 0) is 38.1 Å². The maximum absolute atomic E-state index is 12.8. The molecule has 0 saturated heterocycles. The van der Waals surface area contributed by atoms with Crippen LogP contribution in [0.5, 0.6) is 5.75 Å². The zero-order chi connectivity index (χ0) is 19.6. The Hall–Kier alpha value is -2.99. The molecule has 1 amide bonds. The third-order valence-electron chi connectivity index (χ3n) is 4.31. The largest absolute Gasteiger partial charge is 0.479 e. The molecule has 7 heteroatoms. The van der Waals surface area contributed by atoms with Crippen molar-refractivity contribution >= 4 is 23.2 Å². The van der Waals surface area contributed by atoms with Crippen molar-refractivity contribution in [3.05, 3.63) is 75.7 Å². The first-order valence-electron chi connectivity index (χ1n) is 8.46. The lowest BCUT2D eigenvalue weighted by Crippen LogP contribution is -2.32. The fraction of sp³-hybridized carbons (Fsp3) is 0.200. The smallest absolute Gasteiger partial charge is 0.295 e. The van der Waals surface area contributed by atoms with E-state index >= 15 is 0 Å². The van der Waals surface area contributed by atoms with E-state index < -0.39 is 12.0 Å². The Morgan fingerprint density at radius 2 is 1.74 bits per heavy atom. The fourth-order valence-electron chi connectivity index (χ4n) is 2.72. The van der Waals surface area contributed by atoms with Crippen molar-refractivity contribution in [1.82, 2.24) is 9.36 Å². The van der Waals surface area contributed by atoms with Crippen LogP contribution in [-0.4, -0.2) is 21.4 Å². The molecular formula is C20H20ClN3O3. The van der Waals surface area contributed by atoms with Crippen LogP contribution < -0.4 is 15.6 Å². The first-order chi connectivity index (χ1) is 12.9. The van der Waals surface area contributed by atoms with Gasteiger partial charge >= 0.3 is 0 Å². The summed E-state index contributed by atoms with van der Waals surface area (Å²) in [4.78, 5) is 25.4. The molecule has 3 rings (SSSR count). The van der Waals surface area contributed by atoms with Crippen LogP contribution >= 0.6 is 11.6 Å². The molecule has 3 aromatic rings. The molecule has 1 aromatic heterocycles. The standard InChI is InChI=1S/C20H20ClN3O3/c1-13-18(20(26)24(23(13)3)15-9-5-4-6-10-15)22-19(25)14(2)27-17-12-8-7-11-16(17)21/h4-12,14H,1-3H3,(H,22,25)/t14-/m1/s1. The Balaban J connectivity index is 1.84. The normalized spacial score (nSPS) is 11.9. The summed E-state index contributed by atoms with van der Waals surface area (Å²) in [5.74, 6) is -0.0192. The number of para-hydroxylation sites is 2. The highest BCUT2D eigenvalue weighted by Crippen LogP contribution is 2.24. The van der Waals surface area contributed by atoms with Crippen LogP contribution in [0, 0.1) is 6.92 Å². The van der Waals surface area contributed by atoms with Crippen LogP contribution in [0.2, 0.25) is 5.02 Å². The SMILES string of the molecule is Cc1c(NC(=O)[C@@H](C)Oc2ccccc2Cl)c(=O)n(-c2ccccc2)n1C. The Labute approximate surface area is 161 Å². The molecule has 0 fully saturated rings. The van der Waals surface area contributed by atoms with Gasteiger partial charge in [0.05, 0.1) is 16.4 Å². The second-order valence-electron chi connectivity index (χ2n) is 6.12. The molecule has 0 spiro atoms. The minimum Gasteiger partial charge on any atom is -0.479 e. The minimum atomic E-state index is -0.825. The third-order valence-corrected chi connectivity index (χ3v) is 4.62. The van der Waals surface area contributed by atoms with E-state index in [0.29, 0.717) is 22.2 Å². The van der Waals surface area contributed by atoms with Gasteiger partial charge in [-0.1, -0.05) is 41.9 Å². The fourth-order valence-corrected chi connectivity index (χ4v) is 2.90. The van der Waals surface area contributed by atoms with Crippen molar-refractivity contribution in [2.75, 3.05) is 5.32 Å². The number of benzene rings is 2. The van der Waals surface area contributed by atoms with Crippen molar-refractivity contribution in [3.63, 3.8) is 0 Å². The number of ether oxygens (including phenoxy) is 1. The van der Waals surface area contributed by atoms with E-state index in [4.69, 9.17) is 16.3 Å². The van der Waals surface area contributed by atoms with Gasteiger partial charge in [-0.15, -0.1) is 0 Å². The van der Waals surface area contributed by atoms with Gasteiger partial charge in [-0.3, -0.25) is 14.3 Å². The Bertz CT molecular complexity index is 1020. The maximum atomic E-state index is 12.8. The molecule has 0 unspecified atom stereocenters. The number of rotatable bonds is 5. The molecule has 2 aromatic carbocycles. The summed E-state index contributed by atoms with van der Waals surface area (Å²) in [5.41, 5.74) is 1.27. The van der Waals surface area contributed by atoms with Gasteiger partial charge in [0.1, 0.15) is 11.4 Å². The number of carbonyl (C=O) groups is 1. The lowest BCUT2D eigenvalue weighted by molar-refractivity contribution is -0.122. The van der Waals surface area contributed by atoms with Gasteiger partial charge in [0, 0.05) is 7.05 Å². The molecule has 0 aliphatic heterocycles. The number of halogens is 1. The van der Waals surface area contributed by atoms with E-state index in [1.165, 1.54) is 4.68 Å². The zero-order valence-electron chi connectivity index (χ0n) is 15.3. The van der Waals surface area contributed by atoms with Crippen LogP contribution in [0.25, 0.3) is 5.69 Å². The van der Waals surface area contributed by atoms with Gasteiger partial charge in [0.25, 0.3) is 11.5 Å². The van der Waals surface area contributed by atoms with Crippen molar-refractivity contribution in [1.29, 1.82) is 0 Å². The summed E-state index contributed by atoms with van der Waals surface area (Å²) in [6.45, 7) is 3.38. The molecule has 1 N–H and O–H groups in total. The second-order valence-corrected chi connectivity index (χ2v) is 6.52. The molecule has 1 atom stereocenters. The number of hydrogen-bond acceptors (Lipinski definition) is 3. The summed E-state index contributed by atoms with van der Waals surface area (Å²) >= 11 is 6.06. The Kier molecular flexibility index (Phi) is 5.37. The average Bonchev–Trinajstić information content (AvgIpc) is 2.87. The summed E-state index contributed by atoms with van der Waals surface area (Å²) in [6.07, 6.45) is -0.825. The van der Waals surface area contributed by atoms with Crippen LogP contribution in [0.3, 0.4) is 0 Å². The number of nitrogens with one attached hydrogen (secondary N) is 1. The molecular weight excluding hydrogens is 366 g/mol. The van der Waals surface area contributed by atoms with Crippen LogP contribution in [0.15, 0.2) is 59.4 Å². The molecule has 0 radical (unpaired) electrons. The van der Waals surface area contributed by atoms with Gasteiger partial charge in [-0.2, -0.15) is 0 Å². The Morgan fingerprint density at radius 3 is 2.41 bits per heavy atom. The molecule has 27 heavy (non-hydrogen) atoms. The molecule has 0 aliphatic carbocycles. The summed E-state index contributed by atoms with van der Waals surface area (Å²) in [7, 11) is 1.77. The summed E-state index contributed by atoms with van der Waals surface area (Å²) in [5, 5.41) is 3.10. The molecule has 0 saturated carbocycles. The maximum Gasteiger partial charge on any atom is 0.295 e. The van der Waals surface area contributed by atoms with Gasteiger partial charge in [0.2, 0.25) is 0 Å². The minimum absolute atomic E-state index is 0.223. The number of aromatic nitrogens is 2. The number of carbonyl (C=O) groups excluding carboxylic acids is 1. The molecule has 140 valence electrons.